The summed E-state index contributed by atoms with van der Waals surface area (Å²) in [7, 11) is 2.24. The first-order valence-corrected chi connectivity index (χ1v) is 8.03. The van der Waals surface area contributed by atoms with Crippen LogP contribution in [0.4, 0.5) is 0 Å². The zero-order valence-electron chi connectivity index (χ0n) is 12.1. The molecule has 1 unspecified atom stereocenters. The minimum atomic E-state index is -2.51. The van der Waals surface area contributed by atoms with E-state index in [1.807, 2.05) is 0 Å². The second-order valence-electron chi connectivity index (χ2n) is 3.93. The van der Waals surface area contributed by atoms with Crippen LogP contribution in [0, 0.1) is 0 Å². The predicted molar refractivity (Wildman–Crippen MR) is 72.8 cm³/mol. The highest BCUT2D eigenvalue weighted by atomic mass is 28.4. The summed E-state index contributed by atoms with van der Waals surface area (Å²) in [6.07, 6.45) is 1.59. The molecule has 0 radical (unpaired) electrons. The summed E-state index contributed by atoms with van der Waals surface area (Å²) >= 11 is 0. The van der Waals surface area contributed by atoms with E-state index in [0.29, 0.717) is 19.3 Å². The molecule has 0 aliphatic carbocycles. The average molecular weight is 292 g/mol. The van der Waals surface area contributed by atoms with Crippen LogP contribution in [0.15, 0.2) is 12.7 Å². The largest absolute Gasteiger partial charge is 0.500 e. The van der Waals surface area contributed by atoms with Gasteiger partial charge in [0.25, 0.3) is 0 Å². The van der Waals surface area contributed by atoms with Crippen LogP contribution in [0.5, 0.6) is 0 Å². The highest BCUT2D eigenvalue weighted by Gasteiger charge is 2.36. The number of hydrogen-bond acceptors (Lipinski definition) is 6. The fraction of sp³-hybridized carbons (Fsp3) is 0.750. The zero-order valence-corrected chi connectivity index (χ0v) is 13.1. The Kier molecular flexibility index (Phi) is 9.71. The molecule has 0 saturated carbocycles. The van der Waals surface area contributed by atoms with E-state index >= 15 is 0 Å². The van der Waals surface area contributed by atoms with Crippen LogP contribution in [-0.2, 0) is 27.5 Å². The lowest BCUT2D eigenvalue weighted by Gasteiger charge is -2.24. The SMILES string of the molecule is C=CC(=O)OC(C)COCCC[Si](OC)(OC)OC. The summed E-state index contributed by atoms with van der Waals surface area (Å²) in [5.41, 5.74) is 0. The Morgan fingerprint density at radius 2 is 1.84 bits per heavy atom. The molecule has 0 saturated heterocycles. The summed E-state index contributed by atoms with van der Waals surface area (Å²) in [6.45, 7) is 5.97. The van der Waals surface area contributed by atoms with Crippen LogP contribution in [0.25, 0.3) is 0 Å². The molecule has 0 aliphatic rings. The van der Waals surface area contributed by atoms with Crippen molar-refractivity contribution in [2.75, 3.05) is 34.5 Å². The molecule has 0 aromatic carbocycles. The lowest BCUT2D eigenvalue weighted by atomic mass is 10.4. The first-order valence-electron chi connectivity index (χ1n) is 6.09. The number of hydrogen-bond donors (Lipinski definition) is 0. The molecule has 0 N–H and O–H groups in total. The summed E-state index contributed by atoms with van der Waals surface area (Å²) in [5.74, 6) is -0.444. The van der Waals surface area contributed by atoms with E-state index in [9.17, 15) is 4.79 Å². The van der Waals surface area contributed by atoms with Gasteiger partial charge in [0.1, 0.15) is 6.10 Å². The van der Waals surface area contributed by atoms with E-state index in [4.69, 9.17) is 22.8 Å². The van der Waals surface area contributed by atoms with Gasteiger partial charge in [-0.1, -0.05) is 6.58 Å². The lowest BCUT2D eigenvalue weighted by Crippen LogP contribution is -2.42. The van der Waals surface area contributed by atoms with Gasteiger partial charge in [-0.15, -0.1) is 0 Å². The number of rotatable bonds is 11. The molecule has 7 heteroatoms. The van der Waals surface area contributed by atoms with Crippen molar-refractivity contribution in [1.29, 1.82) is 0 Å². The Bertz CT molecular complexity index is 259. The normalized spacial score (nSPS) is 13.1. The molecule has 0 aromatic heterocycles. The number of ether oxygens (including phenoxy) is 2. The molecule has 0 amide bonds. The highest BCUT2D eigenvalue weighted by Crippen LogP contribution is 2.14. The summed E-state index contributed by atoms with van der Waals surface area (Å²) in [6, 6.07) is 0.678. The van der Waals surface area contributed by atoms with E-state index < -0.39 is 14.8 Å². The molecular weight excluding hydrogens is 268 g/mol. The maximum absolute atomic E-state index is 10.9. The van der Waals surface area contributed by atoms with Gasteiger partial charge in [-0.3, -0.25) is 0 Å². The molecule has 0 rings (SSSR count). The molecule has 0 aromatic rings. The Labute approximate surface area is 116 Å². The third-order valence-electron chi connectivity index (χ3n) is 2.54. The van der Waals surface area contributed by atoms with E-state index in [1.165, 1.54) is 0 Å². The molecule has 19 heavy (non-hydrogen) atoms. The Morgan fingerprint density at radius 3 is 2.32 bits per heavy atom. The monoisotopic (exact) mass is 292 g/mol. The van der Waals surface area contributed by atoms with Crippen molar-refractivity contribution in [2.45, 2.75) is 25.5 Å². The molecule has 0 aliphatic heterocycles. The van der Waals surface area contributed by atoms with E-state index in [1.54, 1.807) is 28.3 Å². The van der Waals surface area contributed by atoms with Crippen molar-refractivity contribution in [3.05, 3.63) is 12.7 Å². The van der Waals surface area contributed by atoms with Crippen LogP contribution in [0.2, 0.25) is 6.04 Å². The van der Waals surface area contributed by atoms with Crippen LogP contribution in [0.1, 0.15) is 13.3 Å². The van der Waals surface area contributed by atoms with E-state index in [2.05, 4.69) is 6.58 Å². The quantitative estimate of drug-likeness (QED) is 0.248. The van der Waals surface area contributed by atoms with E-state index in [0.717, 1.165) is 12.5 Å². The average Bonchev–Trinajstić information content (AvgIpc) is 2.43. The van der Waals surface area contributed by atoms with Gasteiger partial charge in [0.2, 0.25) is 0 Å². The van der Waals surface area contributed by atoms with Crippen molar-refractivity contribution in [2.24, 2.45) is 0 Å². The molecular formula is C12H24O6Si. The molecule has 0 spiro atoms. The number of esters is 1. The minimum Gasteiger partial charge on any atom is -0.457 e. The topological polar surface area (TPSA) is 63.2 Å². The van der Waals surface area contributed by atoms with Crippen molar-refractivity contribution < 1.29 is 27.5 Å². The summed E-state index contributed by atoms with van der Waals surface area (Å²) < 4.78 is 26.2. The van der Waals surface area contributed by atoms with Crippen LogP contribution >= 0.6 is 0 Å². The third kappa shape index (κ3) is 7.43. The van der Waals surface area contributed by atoms with Crippen LogP contribution < -0.4 is 0 Å². The predicted octanol–water partition coefficient (Wildman–Crippen LogP) is 1.39. The standard InChI is InChI=1S/C12H24O6Si/c1-6-12(13)18-11(2)10-17-8-7-9-19(14-3,15-4)16-5/h6,11H,1,7-10H2,2-5H3. The van der Waals surface area contributed by atoms with Crippen LogP contribution in [0.3, 0.4) is 0 Å². The van der Waals surface area contributed by atoms with Gasteiger partial charge in [-0.05, 0) is 13.3 Å². The van der Waals surface area contributed by atoms with Crippen molar-refractivity contribution >= 4 is 14.8 Å². The van der Waals surface area contributed by atoms with Gasteiger partial charge >= 0.3 is 14.8 Å². The molecule has 1 atom stereocenters. The summed E-state index contributed by atoms with van der Waals surface area (Å²) in [4.78, 5) is 10.9. The zero-order chi connectivity index (χ0) is 14.7. The maximum Gasteiger partial charge on any atom is 0.500 e. The van der Waals surface area contributed by atoms with Crippen molar-refractivity contribution in [3.8, 4) is 0 Å². The van der Waals surface area contributed by atoms with Gasteiger partial charge in [0.15, 0.2) is 0 Å². The Balaban J connectivity index is 3.75. The highest BCUT2D eigenvalue weighted by molar-refractivity contribution is 6.60. The second kappa shape index (κ2) is 10.1. The number of carbonyl (C=O) groups excluding carboxylic acids is 1. The minimum absolute atomic E-state index is 0.292. The Hall–Kier alpha value is -0.733. The summed E-state index contributed by atoms with van der Waals surface area (Å²) in [5, 5.41) is 0. The molecule has 0 bridgehead atoms. The molecule has 0 heterocycles. The van der Waals surface area contributed by atoms with Gasteiger partial charge in [-0.2, -0.15) is 0 Å². The van der Waals surface area contributed by atoms with Gasteiger partial charge in [-0.25, -0.2) is 4.79 Å². The Morgan fingerprint density at radius 1 is 1.26 bits per heavy atom. The molecule has 6 nitrogen and oxygen atoms in total. The van der Waals surface area contributed by atoms with Crippen molar-refractivity contribution in [1.82, 2.24) is 0 Å². The van der Waals surface area contributed by atoms with Gasteiger partial charge in [0, 0.05) is 40.1 Å². The van der Waals surface area contributed by atoms with Gasteiger partial charge in [0.05, 0.1) is 6.61 Å². The maximum atomic E-state index is 10.9. The molecule has 112 valence electrons. The van der Waals surface area contributed by atoms with Gasteiger partial charge < -0.3 is 22.8 Å². The number of carbonyl (C=O) groups is 1. The molecule has 0 fully saturated rings. The first-order chi connectivity index (χ1) is 9.03. The smallest absolute Gasteiger partial charge is 0.457 e. The lowest BCUT2D eigenvalue weighted by molar-refractivity contribution is -0.144. The third-order valence-corrected chi connectivity index (χ3v) is 5.37. The van der Waals surface area contributed by atoms with E-state index in [-0.39, 0.29) is 6.10 Å². The fourth-order valence-corrected chi connectivity index (χ4v) is 3.17. The second-order valence-corrected chi connectivity index (χ2v) is 7.02. The van der Waals surface area contributed by atoms with Crippen molar-refractivity contribution in [3.63, 3.8) is 0 Å². The fourth-order valence-electron chi connectivity index (χ4n) is 1.48. The first kappa shape index (κ1) is 18.3. The van der Waals surface area contributed by atoms with Crippen LogP contribution in [-0.4, -0.2) is 55.4 Å².